The summed E-state index contributed by atoms with van der Waals surface area (Å²) in [6.07, 6.45) is -3.97. The molecular formula is C9H15F3N2O2. The van der Waals surface area contributed by atoms with Crippen molar-refractivity contribution in [3.63, 3.8) is 0 Å². The summed E-state index contributed by atoms with van der Waals surface area (Å²) < 4.78 is 36.8. The Hall–Kier alpha value is -0.820. The number of aliphatic hydroxyl groups is 1. The highest BCUT2D eigenvalue weighted by Gasteiger charge is 2.39. The molecule has 1 N–H and O–H groups in total. The van der Waals surface area contributed by atoms with Gasteiger partial charge < -0.3 is 10.0 Å². The van der Waals surface area contributed by atoms with E-state index in [1.807, 2.05) is 0 Å². The molecule has 0 aliphatic carbocycles. The first-order valence-corrected chi connectivity index (χ1v) is 5.02. The number of hydrogen-bond acceptors (Lipinski definition) is 3. The minimum absolute atomic E-state index is 0.135. The van der Waals surface area contributed by atoms with Gasteiger partial charge in [0, 0.05) is 20.1 Å². The Morgan fingerprint density at radius 2 is 2.19 bits per heavy atom. The lowest BCUT2D eigenvalue weighted by molar-refractivity contribution is -0.156. The van der Waals surface area contributed by atoms with Gasteiger partial charge in [-0.1, -0.05) is 0 Å². The van der Waals surface area contributed by atoms with Crippen molar-refractivity contribution in [3.8, 4) is 0 Å². The van der Waals surface area contributed by atoms with E-state index < -0.39 is 18.8 Å². The molecule has 0 aromatic rings. The SMILES string of the molecule is CN1CCC(N(CCO)CC(F)(F)F)C1=O. The molecule has 1 fully saturated rings. The molecule has 1 saturated heterocycles. The van der Waals surface area contributed by atoms with E-state index in [4.69, 9.17) is 5.11 Å². The normalized spacial score (nSPS) is 22.2. The number of halogens is 3. The molecule has 0 spiro atoms. The second-order valence-corrected chi connectivity index (χ2v) is 3.87. The highest BCUT2D eigenvalue weighted by molar-refractivity contribution is 5.83. The summed E-state index contributed by atoms with van der Waals surface area (Å²) in [5.41, 5.74) is 0. The van der Waals surface area contributed by atoms with Crippen molar-refractivity contribution in [1.82, 2.24) is 9.80 Å². The Kier molecular flexibility index (Phi) is 4.15. The molecule has 1 aliphatic rings. The molecule has 1 aliphatic heterocycles. The molecule has 16 heavy (non-hydrogen) atoms. The van der Waals surface area contributed by atoms with Crippen LogP contribution in [-0.4, -0.2) is 66.3 Å². The second-order valence-electron chi connectivity index (χ2n) is 3.87. The average Bonchev–Trinajstić information content (AvgIpc) is 2.45. The van der Waals surface area contributed by atoms with Crippen LogP contribution in [0.5, 0.6) is 0 Å². The van der Waals surface area contributed by atoms with Crippen molar-refractivity contribution in [2.75, 3.05) is 33.3 Å². The van der Waals surface area contributed by atoms with E-state index in [1.165, 1.54) is 4.90 Å². The van der Waals surface area contributed by atoms with E-state index in [1.54, 1.807) is 7.05 Å². The fourth-order valence-electron chi connectivity index (χ4n) is 1.85. The third kappa shape index (κ3) is 3.34. The number of amides is 1. The monoisotopic (exact) mass is 240 g/mol. The Bertz CT molecular complexity index is 258. The molecular weight excluding hydrogens is 225 g/mol. The lowest BCUT2D eigenvalue weighted by atomic mass is 10.2. The Labute approximate surface area is 91.6 Å². The van der Waals surface area contributed by atoms with Gasteiger partial charge in [-0.05, 0) is 6.42 Å². The third-order valence-electron chi connectivity index (χ3n) is 2.61. The van der Waals surface area contributed by atoms with E-state index in [0.29, 0.717) is 13.0 Å². The molecule has 1 rings (SSSR count). The van der Waals surface area contributed by atoms with Gasteiger partial charge in [0.05, 0.1) is 19.2 Å². The number of rotatable bonds is 4. The van der Waals surface area contributed by atoms with Crippen LogP contribution >= 0.6 is 0 Å². The van der Waals surface area contributed by atoms with Gasteiger partial charge in [0.1, 0.15) is 0 Å². The van der Waals surface area contributed by atoms with Gasteiger partial charge in [0.25, 0.3) is 0 Å². The fourth-order valence-corrected chi connectivity index (χ4v) is 1.85. The first-order valence-electron chi connectivity index (χ1n) is 5.02. The van der Waals surface area contributed by atoms with Crippen molar-refractivity contribution in [1.29, 1.82) is 0 Å². The Morgan fingerprint density at radius 3 is 2.56 bits per heavy atom. The van der Waals surface area contributed by atoms with Gasteiger partial charge in [-0.2, -0.15) is 13.2 Å². The largest absolute Gasteiger partial charge is 0.401 e. The molecule has 1 atom stereocenters. The van der Waals surface area contributed by atoms with Crippen LogP contribution in [-0.2, 0) is 4.79 Å². The molecule has 7 heteroatoms. The lowest BCUT2D eigenvalue weighted by Crippen LogP contribution is -2.46. The summed E-state index contributed by atoms with van der Waals surface area (Å²) in [7, 11) is 1.56. The summed E-state index contributed by atoms with van der Waals surface area (Å²) in [5, 5.41) is 8.71. The summed E-state index contributed by atoms with van der Waals surface area (Å²) >= 11 is 0. The summed E-state index contributed by atoms with van der Waals surface area (Å²) in [5.74, 6) is -0.308. The predicted octanol–water partition coefficient (Wildman–Crippen LogP) is 0.0737. The van der Waals surface area contributed by atoms with Gasteiger partial charge >= 0.3 is 6.18 Å². The maximum atomic E-state index is 12.3. The standard InChI is InChI=1S/C9H15F3N2O2/c1-13-3-2-7(8(13)16)14(4-5-15)6-9(10,11)12/h7,15H,2-6H2,1H3. The van der Waals surface area contributed by atoms with Crippen LogP contribution < -0.4 is 0 Å². The quantitative estimate of drug-likeness (QED) is 0.756. The zero-order valence-electron chi connectivity index (χ0n) is 9.00. The van der Waals surface area contributed by atoms with E-state index in [2.05, 4.69) is 0 Å². The first kappa shape index (κ1) is 13.2. The van der Waals surface area contributed by atoms with Crippen LogP contribution in [0.4, 0.5) is 13.2 Å². The smallest absolute Gasteiger partial charge is 0.395 e. The summed E-state index contributed by atoms with van der Waals surface area (Å²) in [6, 6.07) is -0.751. The van der Waals surface area contributed by atoms with Gasteiger partial charge in [-0.25, -0.2) is 0 Å². The summed E-state index contributed by atoms with van der Waals surface area (Å²) in [6.45, 7) is -1.21. The maximum absolute atomic E-state index is 12.3. The Balaban J connectivity index is 2.66. The van der Waals surface area contributed by atoms with E-state index in [0.717, 1.165) is 4.90 Å². The lowest BCUT2D eigenvalue weighted by Gasteiger charge is -2.27. The van der Waals surface area contributed by atoms with Crippen molar-refractivity contribution < 1.29 is 23.1 Å². The van der Waals surface area contributed by atoms with E-state index in [9.17, 15) is 18.0 Å². The minimum Gasteiger partial charge on any atom is -0.395 e. The Morgan fingerprint density at radius 1 is 1.56 bits per heavy atom. The molecule has 0 aromatic heterocycles. The van der Waals surface area contributed by atoms with Gasteiger partial charge in [-0.15, -0.1) is 0 Å². The number of likely N-dealkylation sites (N-methyl/N-ethyl adjacent to an activating group) is 1. The summed E-state index contributed by atoms with van der Waals surface area (Å²) in [4.78, 5) is 13.9. The van der Waals surface area contributed by atoms with Crippen molar-refractivity contribution >= 4 is 5.91 Å². The zero-order chi connectivity index (χ0) is 12.3. The number of carbonyl (C=O) groups excluding carboxylic acids is 1. The number of likely N-dealkylation sites (tertiary alicyclic amines) is 1. The van der Waals surface area contributed by atoms with Crippen LogP contribution in [0.1, 0.15) is 6.42 Å². The van der Waals surface area contributed by atoms with Crippen molar-refractivity contribution in [2.24, 2.45) is 0 Å². The highest BCUT2D eigenvalue weighted by Crippen LogP contribution is 2.22. The highest BCUT2D eigenvalue weighted by atomic mass is 19.4. The van der Waals surface area contributed by atoms with Crippen molar-refractivity contribution in [3.05, 3.63) is 0 Å². The zero-order valence-corrected chi connectivity index (χ0v) is 9.00. The van der Waals surface area contributed by atoms with Crippen molar-refractivity contribution in [2.45, 2.75) is 18.6 Å². The second kappa shape index (κ2) is 5.01. The number of aliphatic hydroxyl groups excluding tert-OH is 1. The van der Waals surface area contributed by atoms with Crippen LogP contribution in [0, 0.1) is 0 Å². The van der Waals surface area contributed by atoms with Gasteiger partial charge in [-0.3, -0.25) is 9.69 Å². The number of hydrogen-bond donors (Lipinski definition) is 1. The molecule has 0 aromatic carbocycles. The van der Waals surface area contributed by atoms with Crippen LogP contribution in [0.25, 0.3) is 0 Å². The molecule has 0 bridgehead atoms. The molecule has 0 radical (unpaired) electrons. The predicted molar refractivity (Wildman–Crippen MR) is 50.8 cm³/mol. The number of nitrogens with zero attached hydrogens (tertiary/aromatic N) is 2. The van der Waals surface area contributed by atoms with Gasteiger partial charge in [0.2, 0.25) is 5.91 Å². The molecule has 1 amide bonds. The average molecular weight is 240 g/mol. The minimum atomic E-state index is -4.35. The van der Waals surface area contributed by atoms with Crippen LogP contribution in [0.2, 0.25) is 0 Å². The topological polar surface area (TPSA) is 43.8 Å². The third-order valence-corrected chi connectivity index (χ3v) is 2.61. The van der Waals surface area contributed by atoms with E-state index >= 15 is 0 Å². The van der Waals surface area contributed by atoms with Gasteiger partial charge in [0.15, 0.2) is 0 Å². The number of carbonyl (C=O) groups is 1. The molecule has 0 saturated carbocycles. The fraction of sp³-hybridized carbons (Fsp3) is 0.889. The molecule has 4 nitrogen and oxygen atoms in total. The van der Waals surface area contributed by atoms with Crippen LogP contribution in [0.3, 0.4) is 0 Å². The molecule has 1 unspecified atom stereocenters. The molecule has 1 heterocycles. The maximum Gasteiger partial charge on any atom is 0.401 e. The van der Waals surface area contributed by atoms with E-state index in [-0.39, 0.29) is 19.1 Å². The number of alkyl halides is 3. The van der Waals surface area contributed by atoms with Crippen LogP contribution in [0.15, 0.2) is 0 Å². The molecule has 94 valence electrons. The first-order chi connectivity index (χ1) is 7.35.